The van der Waals surface area contributed by atoms with Crippen LogP contribution in [0.2, 0.25) is 0 Å². The van der Waals surface area contributed by atoms with Crippen LogP contribution in [0.1, 0.15) is 10.4 Å². The number of aromatic carboxylic acids is 1. The first-order chi connectivity index (χ1) is 9.54. The maximum Gasteiger partial charge on any atom is 0.337 e. The number of rotatable bonds is 3. The number of nitrogens with one attached hydrogen (secondary N) is 1. The van der Waals surface area contributed by atoms with Crippen LogP contribution in [-0.2, 0) is 9.53 Å². The van der Waals surface area contributed by atoms with Crippen LogP contribution in [0.3, 0.4) is 0 Å². The maximum atomic E-state index is 11.9. The highest BCUT2D eigenvalue weighted by Gasteiger charge is 2.29. The summed E-state index contributed by atoms with van der Waals surface area (Å²) in [6, 6.07) is 4.26. The Labute approximate surface area is 116 Å². The summed E-state index contributed by atoms with van der Waals surface area (Å²) in [6.45, 7) is 1.27. The molecule has 0 radical (unpaired) electrons. The van der Waals surface area contributed by atoms with Gasteiger partial charge in [0.25, 0.3) is 0 Å². The molecule has 1 aromatic rings. The van der Waals surface area contributed by atoms with Gasteiger partial charge in [-0.1, -0.05) is 0 Å². The van der Waals surface area contributed by atoms with E-state index in [2.05, 4.69) is 5.32 Å². The summed E-state index contributed by atoms with van der Waals surface area (Å²) in [5.74, 6) is -1.26. The first kappa shape index (κ1) is 14.1. The molecule has 1 amide bonds. The molecular formula is C13H17N3O4. The number of carbonyl (C=O) groups is 2. The number of hydrogen-bond donors (Lipinski definition) is 3. The van der Waals surface area contributed by atoms with Gasteiger partial charge in [-0.05, 0) is 18.2 Å². The van der Waals surface area contributed by atoms with Gasteiger partial charge in [-0.15, -0.1) is 0 Å². The van der Waals surface area contributed by atoms with E-state index in [0.29, 0.717) is 18.8 Å². The number of likely N-dealkylation sites (N-methyl/N-ethyl adjacent to an activating group) is 1. The Kier molecular flexibility index (Phi) is 4.09. The van der Waals surface area contributed by atoms with Crippen LogP contribution in [0.15, 0.2) is 18.2 Å². The fourth-order valence-electron chi connectivity index (χ4n) is 2.20. The van der Waals surface area contributed by atoms with Crippen molar-refractivity contribution < 1.29 is 19.4 Å². The van der Waals surface area contributed by atoms with Crippen LogP contribution in [-0.4, -0.2) is 49.8 Å². The van der Waals surface area contributed by atoms with Crippen molar-refractivity contribution in [1.82, 2.24) is 5.32 Å². The lowest BCUT2D eigenvalue weighted by Gasteiger charge is -2.36. The van der Waals surface area contributed by atoms with Gasteiger partial charge in [0.05, 0.1) is 18.8 Å². The molecule has 1 saturated heterocycles. The Bertz CT molecular complexity index is 532. The van der Waals surface area contributed by atoms with E-state index in [1.807, 2.05) is 4.90 Å². The topological polar surface area (TPSA) is 105 Å². The van der Waals surface area contributed by atoms with Gasteiger partial charge >= 0.3 is 5.97 Å². The fraction of sp³-hybridized carbons (Fsp3) is 0.385. The molecule has 1 heterocycles. The van der Waals surface area contributed by atoms with Crippen molar-refractivity contribution in [2.24, 2.45) is 0 Å². The Morgan fingerprint density at radius 3 is 2.90 bits per heavy atom. The molecule has 2 rings (SSSR count). The smallest absolute Gasteiger partial charge is 0.337 e. The van der Waals surface area contributed by atoms with E-state index in [1.54, 1.807) is 13.1 Å². The second-order valence-electron chi connectivity index (χ2n) is 4.48. The van der Waals surface area contributed by atoms with Gasteiger partial charge in [-0.3, -0.25) is 4.79 Å². The third-order valence-corrected chi connectivity index (χ3v) is 3.28. The number of carbonyl (C=O) groups excluding carboxylic acids is 1. The first-order valence-electron chi connectivity index (χ1n) is 6.23. The van der Waals surface area contributed by atoms with Crippen molar-refractivity contribution in [3.8, 4) is 0 Å². The standard InChI is InChI=1S/C13H17N3O4/c1-15-12(17)11-7-20-5-4-16(11)8-2-3-10(14)9(6-8)13(18)19/h2-3,6,11H,4-5,7,14H2,1H3,(H,15,17)(H,18,19). The summed E-state index contributed by atoms with van der Waals surface area (Å²) in [7, 11) is 1.56. The third-order valence-electron chi connectivity index (χ3n) is 3.28. The van der Waals surface area contributed by atoms with Crippen LogP contribution in [0.25, 0.3) is 0 Å². The number of nitrogens with two attached hydrogens (primary N) is 1. The summed E-state index contributed by atoms with van der Waals surface area (Å²) in [5.41, 5.74) is 6.52. The van der Waals surface area contributed by atoms with Crippen molar-refractivity contribution in [3.63, 3.8) is 0 Å². The molecule has 4 N–H and O–H groups in total. The number of amides is 1. The minimum absolute atomic E-state index is 0.0321. The number of carboxylic acids is 1. The predicted octanol–water partition coefficient (Wildman–Crippen LogP) is -0.0818. The molecule has 1 aromatic carbocycles. The lowest BCUT2D eigenvalue weighted by Crippen LogP contribution is -2.53. The number of hydrogen-bond acceptors (Lipinski definition) is 5. The molecule has 0 spiro atoms. The molecule has 1 aliphatic rings. The highest BCUT2D eigenvalue weighted by atomic mass is 16.5. The summed E-state index contributed by atoms with van der Waals surface area (Å²) in [5, 5.41) is 11.7. The average Bonchev–Trinajstić information content (AvgIpc) is 2.46. The lowest BCUT2D eigenvalue weighted by atomic mass is 10.1. The number of nitrogen functional groups attached to an aromatic ring is 1. The maximum absolute atomic E-state index is 11.9. The Balaban J connectivity index is 2.35. The van der Waals surface area contributed by atoms with Crippen molar-refractivity contribution in [3.05, 3.63) is 23.8 Å². The molecule has 7 nitrogen and oxygen atoms in total. The Morgan fingerprint density at radius 1 is 1.50 bits per heavy atom. The van der Waals surface area contributed by atoms with Crippen LogP contribution in [0, 0.1) is 0 Å². The molecule has 1 unspecified atom stereocenters. The molecule has 0 aromatic heterocycles. The fourth-order valence-corrected chi connectivity index (χ4v) is 2.20. The average molecular weight is 279 g/mol. The number of morpholine rings is 1. The van der Waals surface area contributed by atoms with Gasteiger partial charge in [0.15, 0.2) is 0 Å². The quantitative estimate of drug-likeness (QED) is 0.668. The number of benzene rings is 1. The Morgan fingerprint density at radius 2 is 2.25 bits per heavy atom. The summed E-state index contributed by atoms with van der Waals surface area (Å²) in [6.07, 6.45) is 0. The molecule has 0 saturated carbocycles. The predicted molar refractivity (Wildman–Crippen MR) is 73.8 cm³/mol. The molecule has 108 valence electrons. The minimum atomic E-state index is -1.09. The zero-order chi connectivity index (χ0) is 14.7. The van der Waals surface area contributed by atoms with Gasteiger partial charge in [0.2, 0.25) is 5.91 Å². The molecule has 0 aliphatic carbocycles. The molecule has 20 heavy (non-hydrogen) atoms. The van der Waals surface area contributed by atoms with Gasteiger partial charge in [0.1, 0.15) is 6.04 Å². The monoisotopic (exact) mass is 279 g/mol. The van der Waals surface area contributed by atoms with Crippen LogP contribution in [0.5, 0.6) is 0 Å². The largest absolute Gasteiger partial charge is 0.478 e. The van der Waals surface area contributed by atoms with Crippen LogP contribution in [0.4, 0.5) is 11.4 Å². The lowest BCUT2D eigenvalue weighted by molar-refractivity contribution is -0.124. The molecule has 1 aliphatic heterocycles. The van der Waals surface area contributed by atoms with E-state index in [9.17, 15) is 9.59 Å². The van der Waals surface area contributed by atoms with E-state index in [-0.39, 0.29) is 23.8 Å². The van der Waals surface area contributed by atoms with E-state index in [1.165, 1.54) is 12.1 Å². The van der Waals surface area contributed by atoms with E-state index in [0.717, 1.165) is 0 Å². The highest BCUT2D eigenvalue weighted by Crippen LogP contribution is 2.24. The molecule has 7 heteroatoms. The van der Waals surface area contributed by atoms with E-state index in [4.69, 9.17) is 15.6 Å². The number of carboxylic acid groups (broad SMARTS) is 1. The van der Waals surface area contributed by atoms with Crippen molar-refractivity contribution >= 4 is 23.3 Å². The zero-order valence-corrected chi connectivity index (χ0v) is 11.1. The molecular weight excluding hydrogens is 262 g/mol. The molecule has 0 bridgehead atoms. The third kappa shape index (κ3) is 2.67. The summed E-state index contributed by atoms with van der Waals surface area (Å²) >= 11 is 0. The molecule has 1 atom stereocenters. The van der Waals surface area contributed by atoms with Gasteiger partial charge in [0, 0.05) is 25.0 Å². The summed E-state index contributed by atoms with van der Waals surface area (Å²) in [4.78, 5) is 24.8. The van der Waals surface area contributed by atoms with E-state index >= 15 is 0 Å². The number of nitrogens with zero attached hydrogens (tertiary/aromatic N) is 1. The van der Waals surface area contributed by atoms with Gasteiger partial charge in [-0.2, -0.15) is 0 Å². The van der Waals surface area contributed by atoms with Crippen molar-refractivity contribution in [2.45, 2.75) is 6.04 Å². The highest BCUT2D eigenvalue weighted by molar-refractivity contribution is 5.95. The van der Waals surface area contributed by atoms with Gasteiger partial charge < -0.3 is 25.8 Å². The van der Waals surface area contributed by atoms with Crippen LogP contribution < -0.4 is 16.0 Å². The number of ether oxygens (including phenoxy) is 1. The van der Waals surface area contributed by atoms with Gasteiger partial charge in [-0.25, -0.2) is 4.79 Å². The summed E-state index contributed by atoms with van der Waals surface area (Å²) < 4.78 is 5.31. The minimum Gasteiger partial charge on any atom is -0.478 e. The van der Waals surface area contributed by atoms with Crippen LogP contribution >= 0.6 is 0 Å². The normalized spacial score (nSPS) is 18.6. The second-order valence-corrected chi connectivity index (χ2v) is 4.48. The van der Waals surface area contributed by atoms with Crippen molar-refractivity contribution in [1.29, 1.82) is 0 Å². The SMILES string of the molecule is CNC(=O)C1COCCN1c1ccc(N)c(C(=O)O)c1. The first-order valence-corrected chi connectivity index (χ1v) is 6.23. The van der Waals surface area contributed by atoms with E-state index < -0.39 is 12.0 Å². The zero-order valence-electron chi connectivity index (χ0n) is 11.1. The second kappa shape index (κ2) is 5.79. The number of anilines is 2. The molecule has 1 fully saturated rings. The Hall–Kier alpha value is -2.28. The van der Waals surface area contributed by atoms with Crippen molar-refractivity contribution in [2.75, 3.05) is 37.4 Å².